The van der Waals surface area contributed by atoms with Crippen LogP contribution in [0.5, 0.6) is 0 Å². The predicted molar refractivity (Wildman–Crippen MR) is 162 cm³/mol. The fraction of sp³-hybridized carbons (Fsp3) is 0.344. The van der Waals surface area contributed by atoms with Crippen LogP contribution in [0.15, 0.2) is 66.7 Å². The largest absolute Gasteiger partial charge is 0.444 e. The molecule has 228 valence electrons. The van der Waals surface area contributed by atoms with Crippen LogP contribution < -0.4 is 15.5 Å². The van der Waals surface area contributed by atoms with Gasteiger partial charge in [-0.05, 0) is 83.8 Å². The Labute approximate surface area is 250 Å². The highest BCUT2D eigenvalue weighted by atomic mass is 19.2. The van der Waals surface area contributed by atoms with Crippen LogP contribution in [-0.4, -0.2) is 66.2 Å². The van der Waals surface area contributed by atoms with Crippen molar-refractivity contribution < 1.29 is 27.9 Å². The number of carbonyl (C=O) groups is 3. The molecule has 4 rings (SSSR count). The van der Waals surface area contributed by atoms with Crippen molar-refractivity contribution in [3.05, 3.63) is 89.5 Å². The maximum absolute atomic E-state index is 14.1. The van der Waals surface area contributed by atoms with Gasteiger partial charge in [0.2, 0.25) is 0 Å². The summed E-state index contributed by atoms with van der Waals surface area (Å²) in [5, 5.41) is 5.47. The third-order valence-corrected chi connectivity index (χ3v) is 6.75. The van der Waals surface area contributed by atoms with Crippen LogP contribution in [-0.2, 0) is 11.3 Å². The molecule has 1 saturated heterocycles. The van der Waals surface area contributed by atoms with Crippen molar-refractivity contribution in [1.29, 1.82) is 0 Å². The first-order chi connectivity index (χ1) is 20.1. The van der Waals surface area contributed by atoms with Gasteiger partial charge in [0.1, 0.15) is 5.60 Å². The summed E-state index contributed by atoms with van der Waals surface area (Å²) >= 11 is 0. The van der Waals surface area contributed by atoms with E-state index < -0.39 is 28.9 Å². The van der Waals surface area contributed by atoms with E-state index in [1.807, 2.05) is 25.9 Å². The van der Waals surface area contributed by atoms with Gasteiger partial charge in [-0.15, -0.1) is 0 Å². The molecule has 0 aromatic heterocycles. The van der Waals surface area contributed by atoms with Crippen LogP contribution in [0.3, 0.4) is 0 Å². The minimum atomic E-state index is -1.02. The van der Waals surface area contributed by atoms with Gasteiger partial charge < -0.3 is 19.9 Å². The number of ether oxygens (including phenoxy) is 1. The predicted octanol–water partition coefficient (Wildman–Crippen LogP) is 6.33. The Kier molecular flexibility index (Phi) is 9.05. The molecule has 43 heavy (non-hydrogen) atoms. The molecule has 0 aliphatic carbocycles. The Balaban J connectivity index is 1.47. The highest BCUT2D eigenvalue weighted by Gasteiger charge is 2.47. The number of nitrogens with zero attached hydrogens (tertiary/aromatic N) is 3. The summed E-state index contributed by atoms with van der Waals surface area (Å²) in [6, 6.07) is 16.8. The molecule has 3 aromatic rings. The van der Waals surface area contributed by atoms with Gasteiger partial charge in [0, 0.05) is 37.0 Å². The van der Waals surface area contributed by atoms with Crippen molar-refractivity contribution in [3.63, 3.8) is 0 Å². The normalized spacial score (nSPS) is 16.9. The van der Waals surface area contributed by atoms with Crippen LogP contribution in [0.4, 0.5) is 35.4 Å². The van der Waals surface area contributed by atoms with Gasteiger partial charge in [0.05, 0.1) is 16.9 Å². The topological polar surface area (TPSA) is 94.2 Å². The van der Waals surface area contributed by atoms with E-state index in [-0.39, 0.29) is 24.2 Å². The van der Waals surface area contributed by atoms with Crippen molar-refractivity contribution in [2.75, 3.05) is 42.7 Å². The lowest BCUT2D eigenvalue weighted by Crippen LogP contribution is -2.51. The van der Waals surface area contributed by atoms with E-state index in [4.69, 9.17) is 4.74 Å². The third kappa shape index (κ3) is 7.66. The zero-order valence-electron chi connectivity index (χ0n) is 25.2. The molecule has 1 heterocycles. The van der Waals surface area contributed by atoms with Crippen molar-refractivity contribution in [1.82, 2.24) is 9.80 Å². The summed E-state index contributed by atoms with van der Waals surface area (Å²) in [4.78, 5) is 44.0. The zero-order valence-corrected chi connectivity index (χ0v) is 25.2. The summed E-state index contributed by atoms with van der Waals surface area (Å²) < 4.78 is 33.0. The first kappa shape index (κ1) is 31.4. The number of para-hydroxylation sites is 2. The lowest BCUT2D eigenvalue weighted by molar-refractivity contribution is 0.0635. The van der Waals surface area contributed by atoms with Crippen LogP contribution >= 0.6 is 0 Å². The number of rotatable bonds is 8. The zero-order chi connectivity index (χ0) is 31.5. The first-order valence-corrected chi connectivity index (χ1v) is 13.8. The number of hydrogen-bond donors (Lipinski definition) is 2. The van der Waals surface area contributed by atoms with Crippen molar-refractivity contribution in [2.45, 2.75) is 45.4 Å². The number of halogens is 2. The van der Waals surface area contributed by atoms with Crippen LogP contribution in [0.2, 0.25) is 0 Å². The van der Waals surface area contributed by atoms with E-state index in [0.717, 1.165) is 17.7 Å². The molecule has 0 radical (unpaired) electrons. The van der Waals surface area contributed by atoms with E-state index >= 15 is 0 Å². The number of amides is 4. The molecule has 0 spiro atoms. The number of hydrogen-bond acceptors (Lipinski definition) is 5. The van der Waals surface area contributed by atoms with Gasteiger partial charge in [-0.3, -0.25) is 15.0 Å². The second-order valence-corrected chi connectivity index (χ2v) is 12.1. The van der Waals surface area contributed by atoms with Crippen LogP contribution in [0.25, 0.3) is 0 Å². The van der Waals surface area contributed by atoms with Gasteiger partial charge in [0.25, 0.3) is 5.91 Å². The Bertz CT molecular complexity index is 1510. The number of likely N-dealkylation sites (N-methyl/N-ethyl adjacent to an activating group) is 1. The lowest BCUT2D eigenvalue weighted by atomic mass is 10.00. The molecular formula is C32H37F2N5O4. The molecule has 9 nitrogen and oxygen atoms in total. The van der Waals surface area contributed by atoms with Crippen LogP contribution in [0.1, 0.15) is 43.6 Å². The smallest absolute Gasteiger partial charge is 0.412 e. The van der Waals surface area contributed by atoms with E-state index in [2.05, 4.69) is 10.6 Å². The van der Waals surface area contributed by atoms with Crippen molar-refractivity contribution in [2.24, 2.45) is 0 Å². The molecule has 11 heteroatoms. The minimum absolute atomic E-state index is 0.257. The maximum Gasteiger partial charge on any atom is 0.412 e. The molecule has 2 N–H and O–H groups in total. The van der Waals surface area contributed by atoms with Gasteiger partial charge in [-0.2, -0.15) is 0 Å². The number of urea groups is 1. The molecule has 0 saturated carbocycles. The minimum Gasteiger partial charge on any atom is -0.444 e. The summed E-state index contributed by atoms with van der Waals surface area (Å²) in [6.07, 6.45) is -0.639. The third-order valence-electron chi connectivity index (χ3n) is 6.75. The second kappa shape index (κ2) is 12.4. The number of nitrogens with one attached hydrogen (secondary N) is 2. The van der Waals surface area contributed by atoms with Gasteiger partial charge in [-0.1, -0.05) is 24.3 Å². The summed E-state index contributed by atoms with van der Waals surface area (Å²) in [5.74, 6) is -2.38. The Morgan fingerprint density at radius 3 is 2.16 bits per heavy atom. The van der Waals surface area contributed by atoms with Crippen molar-refractivity contribution in [3.8, 4) is 0 Å². The maximum atomic E-state index is 14.1. The second-order valence-electron chi connectivity index (χ2n) is 12.1. The average Bonchev–Trinajstić information content (AvgIpc) is 3.14. The molecule has 4 amide bonds. The van der Waals surface area contributed by atoms with Crippen molar-refractivity contribution >= 4 is 35.1 Å². The van der Waals surface area contributed by atoms with E-state index in [1.54, 1.807) is 74.2 Å². The molecule has 1 atom stereocenters. The van der Waals surface area contributed by atoms with Gasteiger partial charge in [0.15, 0.2) is 11.6 Å². The SMILES string of the molecule is CN(C)CC1(C)CN(Cc2ccc(C(=O)Nc3ccccc3NC(=O)OC(C)(C)C)cc2)C(=O)N1c1ccc(F)c(F)c1. The van der Waals surface area contributed by atoms with Gasteiger partial charge in [-0.25, -0.2) is 18.4 Å². The molecular weight excluding hydrogens is 556 g/mol. The van der Waals surface area contributed by atoms with E-state index in [9.17, 15) is 23.2 Å². The standard InChI is InChI=1S/C32H37F2N5O4/c1-31(2,3)43-29(41)36-27-10-8-7-9-26(27)35-28(40)22-13-11-21(12-14-22)18-38-20-32(4,19-37(5)6)39(30(38)42)23-15-16-24(33)25(34)17-23/h7-17H,18-20H2,1-6H3,(H,35,40)(H,36,41). The molecule has 1 aliphatic rings. The van der Waals surface area contributed by atoms with Crippen LogP contribution in [0, 0.1) is 11.6 Å². The Morgan fingerprint density at radius 2 is 1.58 bits per heavy atom. The number of carbonyl (C=O) groups excluding carboxylic acids is 3. The Morgan fingerprint density at radius 1 is 0.953 bits per heavy atom. The molecule has 1 unspecified atom stereocenters. The molecule has 1 aliphatic heterocycles. The molecule has 3 aromatic carbocycles. The lowest BCUT2D eigenvalue weighted by Gasteiger charge is -2.35. The monoisotopic (exact) mass is 593 g/mol. The average molecular weight is 594 g/mol. The highest BCUT2D eigenvalue weighted by molar-refractivity contribution is 6.07. The summed E-state index contributed by atoms with van der Waals surface area (Å²) in [7, 11) is 3.77. The molecule has 1 fully saturated rings. The van der Waals surface area contributed by atoms with Gasteiger partial charge >= 0.3 is 12.1 Å². The quantitative estimate of drug-likeness (QED) is 0.319. The van der Waals surface area contributed by atoms with E-state index in [0.29, 0.717) is 30.0 Å². The number of anilines is 3. The summed E-state index contributed by atoms with van der Waals surface area (Å²) in [5.41, 5.74) is 0.866. The number of benzene rings is 3. The summed E-state index contributed by atoms with van der Waals surface area (Å²) in [6.45, 7) is 8.30. The first-order valence-electron chi connectivity index (χ1n) is 13.8. The molecule has 0 bridgehead atoms. The Hall–Kier alpha value is -4.51. The van der Waals surface area contributed by atoms with E-state index in [1.165, 1.54) is 11.0 Å². The fourth-order valence-electron chi connectivity index (χ4n) is 5.18. The highest BCUT2D eigenvalue weighted by Crippen LogP contribution is 2.34. The fourth-order valence-corrected chi connectivity index (χ4v) is 5.18.